The van der Waals surface area contributed by atoms with Crippen LogP contribution in [0.2, 0.25) is 0 Å². The van der Waals surface area contributed by atoms with Gasteiger partial charge in [-0.15, -0.1) is 0 Å². The van der Waals surface area contributed by atoms with Crippen LogP contribution < -0.4 is 36.1 Å². The van der Waals surface area contributed by atoms with E-state index < -0.39 is 104 Å². The number of amides is 1. The molecule has 11 N–H and O–H groups in total. The van der Waals surface area contributed by atoms with Gasteiger partial charge < -0.3 is 64.6 Å². The Labute approximate surface area is 373 Å². The molecule has 19 nitrogen and oxygen atoms in total. The van der Waals surface area contributed by atoms with Gasteiger partial charge in [-0.3, -0.25) is 30.8 Å². The van der Waals surface area contributed by atoms with Crippen molar-refractivity contribution in [2.75, 3.05) is 31.4 Å². The summed E-state index contributed by atoms with van der Waals surface area (Å²) in [5.74, 6) is -2.96. The average molecular weight is 902 g/mol. The molecule has 3 aromatic rings. The Bertz CT molecular complexity index is 2340. The van der Waals surface area contributed by atoms with Crippen molar-refractivity contribution < 1.29 is 68.8 Å². The van der Waals surface area contributed by atoms with Crippen LogP contribution in [0, 0.1) is 0 Å². The first-order chi connectivity index (χ1) is 31.3. The number of hydrogen-bond donors (Lipinski definition) is 10. The second-order valence-electron chi connectivity index (χ2n) is 17.8. The summed E-state index contributed by atoms with van der Waals surface area (Å²) < 4.78 is 26.7. The van der Waals surface area contributed by atoms with E-state index in [1.807, 2.05) is 29.2 Å². The van der Waals surface area contributed by atoms with Gasteiger partial charge in [0.05, 0.1) is 30.5 Å². The molecule has 6 aliphatic rings. The molecule has 2 aliphatic carbocycles. The molecule has 65 heavy (non-hydrogen) atoms. The molecule has 0 aromatic heterocycles. The second kappa shape index (κ2) is 18.1. The van der Waals surface area contributed by atoms with Crippen molar-refractivity contribution in [3.05, 3.63) is 87.5 Å². The maximum Gasteiger partial charge on any atom is 0.242 e. The minimum absolute atomic E-state index is 0.0213. The highest BCUT2D eigenvalue weighted by atomic mass is 16.7. The van der Waals surface area contributed by atoms with E-state index in [4.69, 9.17) is 24.7 Å². The van der Waals surface area contributed by atoms with Crippen molar-refractivity contribution >= 4 is 29.4 Å². The molecular weight excluding hydrogens is 847 g/mol. The molecule has 3 aromatic carbocycles. The number of rotatable bonds is 10. The molecular formula is C46H55N5O14. The molecule has 9 rings (SSSR count). The minimum Gasteiger partial charge on any atom is -0.486 e. The molecule has 10 atom stereocenters. The smallest absolute Gasteiger partial charge is 0.242 e. The fourth-order valence-electron chi connectivity index (χ4n) is 10.6. The zero-order valence-electron chi connectivity index (χ0n) is 35.6. The number of aliphatic hydroxyl groups excluding tert-OH is 5. The van der Waals surface area contributed by atoms with Crippen LogP contribution in [0.4, 0.5) is 5.69 Å². The Morgan fingerprint density at radius 3 is 2.52 bits per heavy atom. The van der Waals surface area contributed by atoms with Gasteiger partial charge in [0.25, 0.3) is 0 Å². The molecule has 1 spiro atoms. The Balaban J connectivity index is 1.31. The molecule has 1 saturated carbocycles. The number of carbonyl (C=O) groups excluding carboxylic acids is 4. The fourth-order valence-corrected chi connectivity index (χ4v) is 10.6. The van der Waals surface area contributed by atoms with E-state index in [0.29, 0.717) is 48.8 Å². The molecule has 4 fully saturated rings. The third-order valence-electron chi connectivity index (χ3n) is 13.9. The molecule has 0 unspecified atom stereocenters. The van der Waals surface area contributed by atoms with Crippen LogP contribution >= 0.6 is 0 Å². The van der Waals surface area contributed by atoms with Gasteiger partial charge in [-0.05, 0) is 54.7 Å². The van der Waals surface area contributed by atoms with Crippen LogP contribution in [0.25, 0.3) is 0 Å². The topological polar surface area (TPSA) is 292 Å². The Hall–Kier alpha value is -4.90. The summed E-state index contributed by atoms with van der Waals surface area (Å²) in [5.41, 5.74) is 4.07. The lowest BCUT2D eigenvalue weighted by Gasteiger charge is -2.53. The summed E-state index contributed by atoms with van der Waals surface area (Å²) in [5, 5.41) is 76.6. The number of aliphatic hydroxyl groups is 6. The number of nitrogens with two attached hydrogens (primary N) is 1. The number of carbonyl (C=O) groups is 4. The summed E-state index contributed by atoms with van der Waals surface area (Å²) >= 11 is 0. The van der Waals surface area contributed by atoms with Gasteiger partial charge in [-0.1, -0.05) is 43.5 Å². The first kappa shape index (κ1) is 45.3. The van der Waals surface area contributed by atoms with Gasteiger partial charge in [0.15, 0.2) is 28.7 Å². The normalized spacial score (nSPS) is 31.1. The van der Waals surface area contributed by atoms with E-state index in [-0.39, 0.29) is 71.3 Å². The van der Waals surface area contributed by atoms with Gasteiger partial charge in [-0.25, -0.2) is 0 Å². The van der Waals surface area contributed by atoms with Gasteiger partial charge in [0.1, 0.15) is 49.7 Å². The van der Waals surface area contributed by atoms with Crippen LogP contribution in [0.1, 0.15) is 106 Å². The molecule has 0 radical (unpaired) electrons. The summed E-state index contributed by atoms with van der Waals surface area (Å²) in [6, 6.07) is 12.6. The monoisotopic (exact) mass is 901 g/mol. The zero-order chi connectivity index (χ0) is 45.8. The third kappa shape index (κ3) is 7.81. The van der Waals surface area contributed by atoms with Gasteiger partial charge >= 0.3 is 0 Å². The van der Waals surface area contributed by atoms with Gasteiger partial charge in [-0.2, -0.15) is 0 Å². The highest BCUT2D eigenvalue weighted by molar-refractivity contribution is 6.29. The Morgan fingerprint density at radius 1 is 0.985 bits per heavy atom. The van der Waals surface area contributed by atoms with Gasteiger partial charge in [0, 0.05) is 59.9 Å². The Morgan fingerprint density at radius 2 is 1.77 bits per heavy atom. The van der Waals surface area contributed by atoms with Crippen LogP contribution in [0.3, 0.4) is 0 Å². The van der Waals surface area contributed by atoms with Crippen LogP contribution in [-0.2, 0) is 25.7 Å². The van der Waals surface area contributed by atoms with E-state index in [2.05, 4.69) is 16.0 Å². The molecule has 19 heteroatoms. The number of ketones is 2. The predicted molar refractivity (Wildman–Crippen MR) is 228 cm³/mol. The SMILES string of the molecule is N[C@@H]1NC(=O)[C@@H]2NCN(c3ccccc3[C@H]3CCOC4(CCCCC4)[C@@H]4O[C@H](Oc5c3cc3c(c5OC[C@H](O)CC=O)C(=O)c5cc(CO)ccc5C3=O)[C@](O)(CCO)[C@H](O)[C@H]4O)[C@H]2N1. The largest absolute Gasteiger partial charge is 0.486 e. The van der Waals surface area contributed by atoms with E-state index in [0.717, 1.165) is 6.42 Å². The lowest BCUT2D eigenvalue weighted by Crippen LogP contribution is -2.72. The van der Waals surface area contributed by atoms with Crippen molar-refractivity contribution in [3.63, 3.8) is 0 Å². The fraction of sp³-hybridized carbons (Fsp3) is 0.522. The number of hydrogen-bond acceptors (Lipinski definition) is 18. The molecule has 3 saturated heterocycles. The highest BCUT2D eigenvalue weighted by Gasteiger charge is 2.62. The molecule has 4 heterocycles. The summed E-state index contributed by atoms with van der Waals surface area (Å²) in [7, 11) is 0. The number of para-hydroxylation sites is 1. The number of anilines is 1. The number of benzene rings is 3. The van der Waals surface area contributed by atoms with E-state index in [1.54, 1.807) is 0 Å². The lowest BCUT2D eigenvalue weighted by molar-refractivity contribution is -0.349. The van der Waals surface area contributed by atoms with Crippen LogP contribution in [0.5, 0.6) is 11.5 Å². The standard InChI is InChI=1S/C46H55N5O14/c47-44-49-41-33(42(60)50-44)48-22-51(41)31-7-3-2-6-26(31)25-11-17-63-45(12-4-1-5-13-45)40-36(58)39(59)46(61,14-16-53)43(65-40)64-37-29(25)19-30-32(38(37)62-21-24(55)10-15-52)35(57)28-18-23(20-54)8-9-27(28)34(30)56/h2-3,6-9,15,18-19,24-25,33,36,39-41,43-44,48-49,53-55,58-59,61H,1,4-5,10-14,16-17,20-22,47H2,(H,50,60)/t24-,25-,33-,36-,39-,40-,41-,43+,44+,46+/m1/s1. The lowest BCUT2D eigenvalue weighted by atomic mass is 9.73. The second-order valence-corrected chi connectivity index (χ2v) is 17.8. The maximum atomic E-state index is 14.9. The summed E-state index contributed by atoms with van der Waals surface area (Å²) in [6.45, 7) is -1.45. The highest BCUT2D eigenvalue weighted by Crippen LogP contribution is 2.52. The predicted octanol–water partition coefficient (Wildman–Crippen LogP) is -0.499. The van der Waals surface area contributed by atoms with Crippen LogP contribution in [0.15, 0.2) is 48.5 Å². The average Bonchev–Trinajstić information content (AvgIpc) is 3.72. The Kier molecular flexibility index (Phi) is 12.6. The third-order valence-corrected chi connectivity index (χ3v) is 13.9. The summed E-state index contributed by atoms with van der Waals surface area (Å²) in [6.07, 6.45) is -6.77. The van der Waals surface area contributed by atoms with E-state index in [9.17, 15) is 49.8 Å². The van der Waals surface area contributed by atoms with E-state index >= 15 is 0 Å². The van der Waals surface area contributed by atoms with Crippen molar-refractivity contribution in [1.82, 2.24) is 16.0 Å². The number of ether oxygens (including phenoxy) is 4. The van der Waals surface area contributed by atoms with Crippen molar-refractivity contribution in [2.45, 2.75) is 124 Å². The minimum atomic E-state index is -2.49. The van der Waals surface area contributed by atoms with Crippen molar-refractivity contribution in [2.24, 2.45) is 5.73 Å². The van der Waals surface area contributed by atoms with Crippen LogP contribution in [-0.4, -0.2) is 141 Å². The molecule has 348 valence electrons. The first-order valence-electron chi connectivity index (χ1n) is 22.2. The molecule has 1 amide bonds. The van der Waals surface area contributed by atoms with Gasteiger partial charge in [0.2, 0.25) is 12.2 Å². The number of nitrogens with zero attached hydrogens (tertiary/aromatic N) is 1. The van der Waals surface area contributed by atoms with Crippen molar-refractivity contribution in [1.29, 1.82) is 0 Å². The molecule has 4 aliphatic heterocycles. The summed E-state index contributed by atoms with van der Waals surface area (Å²) in [4.78, 5) is 56.3. The number of aldehydes is 1. The quantitative estimate of drug-likeness (QED) is 0.0898. The first-order valence-corrected chi connectivity index (χ1v) is 22.2. The molecule has 2 bridgehead atoms. The van der Waals surface area contributed by atoms with Crippen molar-refractivity contribution in [3.8, 4) is 11.5 Å². The maximum absolute atomic E-state index is 14.9. The van der Waals surface area contributed by atoms with E-state index in [1.165, 1.54) is 24.3 Å². The number of fused-ring (bicyclic) bond motifs is 7. The number of nitrogens with one attached hydrogen (secondary N) is 3. The zero-order valence-corrected chi connectivity index (χ0v) is 35.6.